The highest BCUT2D eigenvalue weighted by atomic mass is 16.1. The fourth-order valence-electron chi connectivity index (χ4n) is 1.99. The Hall–Kier alpha value is -1.62. The fraction of sp³-hybridized carbons (Fsp3) is 0.500. The second-order valence-electron chi connectivity index (χ2n) is 4.42. The minimum absolute atomic E-state index is 0.114. The van der Waals surface area contributed by atoms with Crippen LogP contribution in [-0.4, -0.2) is 14.2 Å². The summed E-state index contributed by atoms with van der Waals surface area (Å²) in [6.45, 7) is 7.30. The lowest BCUT2D eigenvalue weighted by molar-refractivity contribution is 0.685. The molecule has 0 fully saturated rings. The summed E-state index contributed by atoms with van der Waals surface area (Å²) in [5.41, 5.74) is 8.15. The highest BCUT2D eigenvalue weighted by Gasteiger charge is 2.12. The average molecular weight is 234 g/mol. The molecule has 0 aliphatic rings. The normalized spacial score (nSPS) is 11.6. The summed E-state index contributed by atoms with van der Waals surface area (Å²) >= 11 is 0. The highest BCUT2D eigenvalue weighted by Crippen LogP contribution is 2.15. The van der Waals surface area contributed by atoms with Crippen LogP contribution in [0.2, 0.25) is 0 Å². The largest absolute Gasteiger partial charge is 0.329 e. The van der Waals surface area contributed by atoms with Crippen LogP contribution in [0.4, 0.5) is 0 Å². The Morgan fingerprint density at radius 2 is 2.12 bits per heavy atom. The summed E-state index contributed by atoms with van der Waals surface area (Å²) in [4.78, 5) is 11.9. The van der Waals surface area contributed by atoms with E-state index in [4.69, 9.17) is 5.73 Å². The molecule has 0 unspecified atom stereocenters. The minimum atomic E-state index is -0.114. The molecule has 2 N–H and O–H groups in total. The topological polar surface area (TPSA) is 65.3 Å². The van der Waals surface area contributed by atoms with Gasteiger partial charge < -0.3 is 10.3 Å². The van der Waals surface area contributed by atoms with E-state index in [1.165, 1.54) is 4.52 Å². The van der Waals surface area contributed by atoms with Gasteiger partial charge in [-0.25, -0.2) is 0 Å². The first-order valence-electron chi connectivity index (χ1n) is 5.91. The lowest BCUT2D eigenvalue weighted by atomic mass is 10.1. The SMILES string of the molecule is CCn1c(CN)cc(=O)n2nc(C(C)C)cc12. The maximum absolute atomic E-state index is 11.9. The number of nitrogens with two attached hydrogens (primary N) is 1. The van der Waals surface area contributed by atoms with Crippen molar-refractivity contribution < 1.29 is 0 Å². The summed E-state index contributed by atoms with van der Waals surface area (Å²) in [7, 11) is 0. The Labute approximate surface area is 99.9 Å². The lowest BCUT2D eigenvalue weighted by Crippen LogP contribution is -2.22. The van der Waals surface area contributed by atoms with Gasteiger partial charge >= 0.3 is 0 Å². The third-order valence-corrected chi connectivity index (χ3v) is 2.95. The summed E-state index contributed by atoms with van der Waals surface area (Å²) < 4.78 is 3.48. The van der Waals surface area contributed by atoms with Crippen LogP contribution in [0.1, 0.15) is 38.1 Å². The number of aromatic nitrogens is 3. The maximum Gasteiger partial charge on any atom is 0.274 e. The molecule has 0 bridgehead atoms. The third-order valence-electron chi connectivity index (χ3n) is 2.95. The van der Waals surface area contributed by atoms with Crippen LogP contribution in [0.5, 0.6) is 0 Å². The van der Waals surface area contributed by atoms with Crippen LogP contribution in [0.15, 0.2) is 16.9 Å². The molecule has 2 aromatic heterocycles. The summed E-state index contributed by atoms with van der Waals surface area (Å²) in [5, 5.41) is 4.34. The average Bonchev–Trinajstić information content (AvgIpc) is 2.74. The van der Waals surface area contributed by atoms with Gasteiger partial charge in [0.15, 0.2) is 0 Å². The molecule has 2 aromatic rings. The van der Waals surface area contributed by atoms with Gasteiger partial charge in [-0.3, -0.25) is 4.79 Å². The van der Waals surface area contributed by atoms with E-state index in [-0.39, 0.29) is 5.56 Å². The van der Waals surface area contributed by atoms with Gasteiger partial charge in [0.2, 0.25) is 0 Å². The van der Waals surface area contributed by atoms with Crippen molar-refractivity contribution >= 4 is 5.65 Å². The molecule has 92 valence electrons. The van der Waals surface area contributed by atoms with Crippen molar-refractivity contribution in [3.05, 3.63) is 33.9 Å². The van der Waals surface area contributed by atoms with Gasteiger partial charge in [0.05, 0.1) is 5.69 Å². The van der Waals surface area contributed by atoms with Crippen LogP contribution in [-0.2, 0) is 13.1 Å². The number of nitrogens with zero attached hydrogens (tertiary/aromatic N) is 3. The minimum Gasteiger partial charge on any atom is -0.329 e. The predicted octanol–water partition coefficient (Wildman–Crippen LogP) is 1.10. The number of fused-ring (bicyclic) bond motifs is 1. The molecule has 2 heterocycles. The fourth-order valence-corrected chi connectivity index (χ4v) is 1.99. The zero-order valence-electron chi connectivity index (χ0n) is 10.5. The van der Waals surface area contributed by atoms with E-state index in [2.05, 4.69) is 18.9 Å². The zero-order valence-corrected chi connectivity index (χ0v) is 10.5. The Bertz CT molecular complexity index is 594. The standard InChI is InChI=1S/C12H18N4O/c1-4-15-9(7-13)5-12(17)16-11(15)6-10(14-16)8(2)3/h5-6,8H,4,7,13H2,1-3H3. The van der Waals surface area contributed by atoms with Crippen molar-refractivity contribution in [3.8, 4) is 0 Å². The monoisotopic (exact) mass is 234 g/mol. The van der Waals surface area contributed by atoms with E-state index in [0.29, 0.717) is 12.5 Å². The van der Waals surface area contributed by atoms with Crippen molar-refractivity contribution in [2.45, 2.75) is 39.8 Å². The van der Waals surface area contributed by atoms with Crippen LogP contribution in [0.25, 0.3) is 5.65 Å². The van der Waals surface area contributed by atoms with E-state index in [1.807, 2.05) is 17.6 Å². The van der Waals surface area contributed by atoms with Gasteiger partial charge in [0.25, 0.3) is 5.56 Å². The molecule has 0 saturated heterocycles. The second kappa shape index (κ2) is 4.33. The molecule has 2 rings (SSSR count). The number of rotatable bonds is 3. The molecule has 0 atom stereocenters. The van der Waals surface area contributed by atoms with Crippen molar-refractivity contribution in [1.29, 1.82) is 0 Å². The summed E-state index contributed by atoms with van der Waals surface area (Å²) in [6.07, 6.45) is 0. The number of hydrogen-bond donors (Lipinski definition) is 1. The summed E-state index contributed by atoms with van der Waals surface area (Å²) in [5.74, 6) is 0.306. The third kappa shape index (κ3) is 1.86. The van der Waals surface area contributed by atoms with Crippen LogP contribution < -0.4 is 11.3 Å². The highest BCUT2D eigenvalue weighted by molar-refractivity contribution is 5.42. The Morgan fingerprint density at radius 3 is 2.65 bits per heavy atom. The Balaban J connectivity index is 2.81. The molecule has 0 aliphatic heterocycles. The zero-order chi connectivity index (χ0) is 12.6. The molecule has 0 aliphatic carbocycles. The van der Waals surface area contributed by atoms with Gasteiger partial charge in [-0.1, -0.05) is 13.8 Å². The van der Waals surface area contributed by atoms with Gasteiger partial charge in [0.1, 0.15) is 5.65 Å². The summed E-state index contributed by atoms with van der Waals surface area (Å²) in [6, 6.07) is 3.53. The van der Waals surface area contributed by atoms with Gasteiger partial charge in [-0.05, 0) is 12.8 Å². The maximum atomic E-state index is 11.9. The van der Waals surface area contributed by atoms with Crippen molar-refractivity contribution in [3.63, 3.8) is 0 Å². The smallest absolute Gasteiger partial charge is 0.274 e. The van der Waals surface area contributed by atoms with Crippen molar-refractivity contribution in [2.75, 3.05) is 0 Å². The van der Waals surface area contributed by atoms with E-state index < -0.39 is 0 Å². The van der Waals surface area contributed by atoms with Crippen LogP contribution in [0.3, 0.4) is 0 Å². The molecule has 5 heteroatoms. The molecule has 0 aromatic carbocycles. The molecule has 0 amide bonds. The number of hydrogen-bond acceptors (Lipinski definition) is 3. The molecule has 0 saturated carbocycles. The molecule has 0 spiro atoms. The molecule has 0 radical (unpaired) electrons. The molecule has 17 heavy (non-hydrogen) atoms. The molecular formula is C12H18N4O. The van der Waals surface area contributed by atoms with E-state index >= 15 is 0 Å². The van der Waals surface area contributed by atoms with Gasteiger partial charge in [-0.15, -0.1) is 0 Å². The van der Waals surface area contributed by atoms with Crippen molar-refractivity contribution in [2.24, 2.45) is 5.73 Å². The second-order valence-corrected chi connectivity index (χ2v) is 4.42. The lowest BCUT2D eigenvalue weighted by Gasteiger charge is -2.10. The van der Waals surface area contributed by atoms with E-state index in [1.54, 1.807) is 6.07 Å². The van der Waals surface area contributed by atoms with Gasteiger partial charge in [-0.2, -0.15) is 9.61 Å². The quantitative estimate of drug-likeness (QED) is 0.864. The first-order chi connectivity index (χ1) is 8.08. The molecule has 5 nitrogen and oxygen atoms in total. The number of aryl methyl sites for hydroxylation is 1. The van der Waals surface area contributed by atoms with Crippen molar-refractivity contribution in [1.82, 2.24) is 14.2 Å². The predicted molar refractivity (Wildman–Crippen MR) is 67.1 cm³/mol. The first-order valence-corrected chi connectivity index (χ1v) is 5.91. The van der Waals surface area contributed by atoms with Crippen LogP contribution in [0, 0.1) is 0 Å². The van der Waals surface area contributed by atoms with E-state index in [0.717, 1.165) is 23.6 Å². The molecular weight excluding hydrogens is 216 g/mol. The van der Waals surface area contributed by atoms with E-state index in [9.17, 15) is 4.79 Å². The first kappa shape index (κ1) is 11.9. The Kier molecular flexibility index (Phi) is 3.02. The van der Waals surface area contributed by atoms with Gasteiger partial charge in [0, 0.05) is 30.9 Å². The van der Waals surface area contributed by atoms with Crippen LogP contribution >= 0.6 is 0 Å². The Morgan fingerprint density at radius 1 is 1.41 bits per heavy atom.